The zero-order chi connectivity index (χ0) is 9.97. The van der Waals surface area contributed by atoms with E-state index in [0.717, 1.165) is 36.3 Å². The van der Waals surface area contributed by atoms with Crippen molar-refractivity contribution in [3.05, 3.63) is 0 Å². The summed E-state index contributed by atoms with van der Waals surface area (Å²) in [5.74, 6) is 2.68. The van der Waals surface area contributed by atoms with Gasteiger partial charge >= 0.3 is 0 Å². The zero-order valence-electron chi connectivity index (χ0n) is 9.00. The van der Waals surface area contributed by atoms with Crippen molar-refractivity contribution in [2.24, 2.45) is 5.92 Å². The van der Waals surface area contributed by atoms with E-state index in [9.17, 15) is 4.21 Å². The molecule has 2 nitrogen and oxygen atoms in total. The van der Waals surface area contributed by atoms with E-state index in [1.54, 1.807) is 0 Å². The summed E-state index contributed by atoms with van der Waals surface area (Å²) in [4.78, 5) is 0. The van der Waals surface area contributed by atoms with Crippen molar-refractivity contribution in [1.82, 2.24) is 5.32 Å². The van der Waals surface area contributed by atoms with Crippen molar-refractivity contribution in [2.75, 3.05) is 11.5 Å². The molecule has 0 radical (unpaired) electrons. The highest BCUT2D eigenvalue weighted by Gasteiger charge is 2.27. The fourth-order valence-corrected chi connectivity index (χ4v) is 3.96. The van der Waals surface area contributed by atoms with Crippen LogP contribution in [0.4, 0.5) is 0 Å². The molecule has 2 unspecified atom stereocenters. The van der Waals surface area contributed by atoms with Crippen molar-refractivity contribution in [2.45, 2.75) is 51.1 Å². The summed E-state index contributed by atoms with van der Waals surface area (Å²) in [7, 11) is -0.513. The minimum atomic E-state index is -0.513. The minimum absolute atomic E-state index is 0.513. The lowest BCUT2D eigenvalue weighted by molar-refractivity contribution is 0.356. The van der Waals surface area contributed by atoms with E-state index < -0.39 is 10.8 Å². The van der Waals surface area contributed by atoms with Crippen molar-refractivity contribution in [3.8, 4) is 0 Å². The van der Waals surface area contributed by atoms with Crippen LogP contribution in [0.2, 0.25) is 0 Å². The molecule has 1 heterocycles. The van der Waals surface area contributed by atoms with Crippen molar-refractivity contribution >= 4 is 10.8 Å². The predicted molar refractivity (Wildman–Crippen MR) is 60.8 cm³/mol. The predicted octanol–water partition coefficient (Wildman–Crippen LogP) is 1.68. The molecule has 82 valence electrons. The van der Waals surface area contributed by atoms with Gasteiger partial charge in [-0.15, -0.1) is 0 Å². The summed E-state index contributed by atoms with van der Waals surface area (Å²) in [5.41, 5.74) is 0. The van der Waals surface area contributed by atoms with Crippen molar-refractivity contribution < 1.29 is 4.21 Å². The van der Waals surface area contributed by atoms with Crippen LogP contribution in [-0.2, 0) is 10.8 Å². The van der Waals surface area contributed by atoms with Crippen LogP contribution in [0.5, 0.6) is 0 Å². The van der Waals surface area contributed by atoms with Crippen LogP contribution in [0.25, 0.3) is 0 Å². The summed E-state index contributed by atoms with van der Waals surface area (Å²) < 4.78 is 11.2. The second-order valence-corrected chi connectivity index (χ2v) is 6.50. The summed E-state index contributed by atoms with van der Waals surface area (Å²) in [5, 5.41) is 3.75. The van der Waals surface area contributed by atoms with E-state index in [1.165, 1.54) is 19.3 Å². The van der Waals surface area contributed by atoms with Crippen LogP contribution in [0, 0.1) is 5.92 Å². The molecule has 1 aliphatic heterocycles. The van der Waals surface area contributed by atoms with E-state index in [-0.39, 0.29) is 0 Å². The van der Waals surface area contributed by atoms with Gasteiger partial charge in [0.2, 0.25) is 0 Å². The van der Waals surface area contributed by atoms with Crippen LogP contribution < -0.4 is 5.32 Å². The Bertz CT molecular complexity index is 209. The lowest BCUT2D eigenvalue weighted by Crippen LogP contribution is -2.43. The minimum Gasteiger partial charge on any atom is -0.311 e. The maximum Gasteiger partial charge on any atom is 0.0249 e. The Morgan fingerprint density at radius 3 is 2.43 bits per heavy atom. The van der Waals surface area contributed by atoms with Crippen LogP contribution >= 0.6 is 0 Å². The first-order valence-corrected chi connectivity index (χ1v) is 7.35. The Kier molecular flexibility index (Phi) is 3.61. The maximum atomic E-state index is 11.2. The number of nitrogens with one attached hydrogen (secondary N) is 1. The van der Waals surface area contributed by atoms with Gasteiger partial charge in [0.15, 0.2) is 0 Å². The fraction of sp³-hybridized carbons (Fsp3) is 1.00. The molecule has 2 fully saturated rings. The molecule has 0 aromatic heterocycles. The Balaban J connectivity index is 1.77. The number of hydrogen-bond acceptors (Lipinski definition) is 2. The van der Waals surface area contributed by atoms with E-state index in [4.69, 9.17) is 0 Å². The third-order valence-electron chi connectivity index (χ3n) is 3.70. The van der Waals surface area contributed by atoms with Gasteiger partial charge in [0.05, 0.1) is 0 Å². The summed E-state index contributed by atoms with van der Waals surface area (Å²) in [6.07, 6.45) is 6.36. The summed E-state index contributed by atoms with van der Waals surface area (Å²) in [6, 6.07) is 1.39. The van der Waals surface area contributed by atoms with Gasteiger partial charge in [-0.25, -0.2) is 0 Å². The first kappa shape index (κ1) is 10.6. The molecule has 0 bridgehead atoms. The first-order valence-electron chi connectivity index (χ1n) is 5.87. The smallest absolute Gasteiger partial charge is 0.0249 e. The molecule has 0 spiro atoms. The molecular formula is C11H21NOS. The molecule has 1 N–H and O–H groups in total. The van der Waals surface area contributed by atoms with Crippen molar-refractivity contribution in [1.29, 1.82) is 0 Å². The Hall–Kier alpha value is 0.110. The van der Waals surface area contributed by atoms with Gasteiger partial charge in [-0.1, -0.05) is 13.3 Å². The van der Waals surface area contributed by atoms with E-state index in [2.05, 4.69) is 12.2 Å². The topological polar surface area (TPSA) is 29.1 Å². The molecule has 0 aromatic rings. The highest BCUT2D eigenvalue weighted by Crippen LogP contribution is 2.26. The fourth-order valence-electron chi connectivity index (χ4n) is 2.66. The van der Waals surface area contributed by atoms with E-state index in [1.807, 2.05) is 0 Å². The molecule has 1 saturated heterocycles. The van der Waals surface area contributed by atoms with Crippen LogP contribution in [0.3, 0.4) is 0 Å². The summed E-state index contributed by atoms with van der Waals surface area (Å²) >= 11 is 0. The van der Waals surface area contributed by atoms with E-state index in [0.29, 0.717) is 6.04 Å². The van der Waals surface area contributed by atoms with Gasteiger partial charge in [0.25, 0.3) is 0 Å². The average molecular weight is 215 g/mol. The third-order valence-corrected chi connectivity index (χ3v) is 5.08. The largest absolute Gasteiger partial charge is 0.311 e. The highest BCUT2D eigenvalue weighted by molar-refractivity contribution is 7.85. The molecule has 0 amide bonds. The normalized spacial score (nSPS) is 44.1. The van der Waals surface area contributed by atoms with Gasteiger partial charge in [-0.05, 0) is 31.6 Å². The van der Waals surface area contributed by atoms with Gasteiger partial charge < -0.3 is 5.32 Å². The lowest BCUT2D eigenvalue weighted by atomic mass is 10.0. The van der Waals surface area contributed by atoms with Gasteiger partial charge in [-0.3, -0.25) is 4.21 Å². The molecular weight excluding hydrogens is 194 g/mol. The molecule has 1 saturated carbocycles. The Morgan fingerprint density at radius 2 is 1.86 bits per heavy atom. The molecule has 2 rings (SSSR count). The monoisotopic (exact) mass is 215 g/mol. The van der Waals surface area contributed by atoms with Gasteiger partial charge in [-0.2, -0.15) is 0 Å². The zero-order valence-corrected chi connectivity index (χ0v) is 9.81. The molecule has 3 heteroatoms. The van der Waals surface area contributed by atoms with Crippen LogP contribution in [-0.4, -0.2) is 27.8 Å². The highest BCUT2D eigenvalue weighted by atomic mass is 32.2. The van der Waals surface area contributed by atoms with Gasteiger partial charge in [0, 0.05) is 34.4 Å². The molecule has 2 atom stereocenters. The lowest BCUT2D eigenvalue weighted by Gasteiger charge is -2.28. The standard InChI is InChI=1S/C11H21NOS/c1-9-3-2-4-11(9)12-10-5-7-14(13)8-6-10/h9-12H,2-8H2,1H3. The molecule has 1 aliphatic carbocycles. The number of hydrogen-bond donors (Lipinski definition) is 1. The van der Waals surface area contributed by atoms with Crippen LogP contribution in [0.15, 0.2) is 0 Å². The van der Waals surface area contributed by atoms with Crippen LogP contribution in [0.1, 0.15) is 39.0 Å². The molecule has 2 aliphatic rings. The second kappa shape index (κ2) is 4.75. The Labute approximate surface area is 89.3 Å². The first-order chi connectivity index (χ1) is 6.75. The quantitative estimate of drug-likeness (QED) is 0.759. The maximum absolute atomic E-state index is 11.2. The molecule has 14 heavy (non-hydrogen) atoms. The number of rotatable bonds is 2. The third kappa shape index (κ3) is 2.57. The SMILES string of the molecule is CC1CCCC1NC1CCS(=O)CC1. The van der Waals surface area contributed by atoms with Gasteiger partial charge in [0.1, 0.15) is 0 Å². The Morgan fingerprint density at radius 1 is 1.14 bits per heavy atom. The van der Waals surface area contributed by atoms with Crippen molar-refractivity contribution in [3.63, 3.8) is 0 Å². The van der Waals surface area contributed by atoms with E-state index >= 15 is 0 Å². The second-order valence-electron chi connectivity index (χ2n) is 4.80. The molecule has 0 aromatic carbocycles. The summed E-state index contributed by atoms with van der Waals surface area (Å²) in [6.45, 7) is 2.35. The average Bonchev–Trinajstić information content (AvgIpc) is 2.56.